The van der Waals surface area contributed by atoms with Crippen molar-refractivity contribution in [3.63, 3.8) is 0 Å². The number of carbonyl (C=O) groups excluding carboxylic acids is 1. The van der Waals surface area contributed by atoms with Gasteiger partial charge < -0.3 is 14.6 Å². The largest absolute Gasteiger partial charge is 0.481 e. The highest BCUT2D eigenvalue weighted by atomic mass is 35.5. The Balaban J connectivity index is 1.50. The topological polar surface area (TPSA) is 69.0 Å². The van der Waals surface area contributed by atoms with E-state index >= 15 is 0 Å². The molecule has 1 aromatic heterocycles. The predicted molar refractivity (Wildman–Crippen MR) is 115 cm³/mol. The monoisotopic (exact) mass is 448 g/mol. The highest BCUT2D eigenvalue weighted by Gasteiger charge is 2.19. The zero-order valence-electron chi connectivity index (χ0n) is 16.6. The first-order valence-corrected chi connectivity index (χ1v) is 10.7. The van der Waals surface area contributed by atoms with Crippen LogP contribution in [0.1, 0.15) is 24.4 Å². The number of rotatable bonds is 9. The summed E-state index contributed by atoms with van der Waals surface area (Å²) in [6.45, 7) is 2.38. The lowest BCUT2D eigenvalue weighted by Crippen LogP contribution is -2.27. The third kappa shape index (κ3) is 5.96. The van der Waals surface area contributed by atoms with Crippen molar-refractivity contribution in [1.82, 2.24) is 20.1 Å². The van der Waals surface area contributed by atoms with Gasteiger partial charge in [0.2, 0.25) is 5.91 Å². The SMILES string of the molecule is CC(Oc1ccc(F)cc1Cl)c1nnc(SCC(=O)NCCc2ccccc2)n1C. The average Bonchev–Trinajstić information content (AvgIpc) is 3.10. The fourth-order valence-corrected chi connectivity index (χ4v) is 3.75. The molecule has 0 aliphatic heterocycles. The molecule has 6 nitrogen and oxygen atoms in total. The summed E-state index contributed by atoms with van der Waals surface area (Å²) in [6.07, 6.45) is 0.325. The van der Waals surface area contributed by atoms with E-state index in [0.29, 0.717) is 23.3 Å². The molecule has 1 unspecified atom stereocenters. The van der Waals surface area contributed by atoms with Crippen LogP contribution >= 0.6 is 23.4 Å². The van der Waals surface area contributed by atoms with Crippen LogP contribution in [-0.4, -0.2) is 33.0 Å². The van der Waals surface area contributed by atoms with Crippen molar-refractivity contribution in [3.8, 4) is 5.75 Å². The van der Waals surface area contributed by atoms with E-state index in [4.69, 9.17) is 16.3 Å². The standard InChI is InChI=1S/C21H22ClFN4O2S/c1-14(29-18-9-8-16(23)12-17(18)22)20-25-26-21(27(20)2)30-13-19(28)24-11-10-15-6-4-3-5-7-15/h3-9,12,14H,10-11,13H2,1-2H3,(H,24,28). The number of hydrogen-bond donors (Lipinski definition) is 1. The number of thioether (sulfide) groups is 1. The Hall–Kier alpha value is -2.58. The number of nitrogens with zero attached hydrogens (tertiary/aromatic N) is 3. The van der Waals surface area contributed by atoms with Crippen LogP contribution in [0.3, 0.4) is 0 Å². The third-order valence-electron chi connectivity index (χ3n) is 4.34. The molecule has 1 atom stereocenters. The molecule has 1 heterocycles. The van der Waals surface area contributed by atoms with Gasteiger partial charge in [0.1, 0.15) is 11.6 Å². The summed E-state index contributed by atoms with van der Waals surface area (Å²) in [5, 5.41) is 12.0. The number of amides is 1. The molecular weight excluding hydrogens is 427 g/mol. The molecule has 0 aliphatic carbocycles. The summed E-state index contributed by atoms with van der Waals surface area (Å²) < 4.78 is 20.7. The molecule has 0 saturated carbocycles. The van der Waals surface area contributed by atoms with Crippen molar-refractivity contribution in [2.75, 3.05) is 12.3 Å². The Kier molecular flexibility index (Phi) is 7.70. The van der Waals surface area contributed by atoms with Gasteiger partial charge in [-0.15, -0.1) is 10.2 Å². The number of aromatic nitrogens is 3. The number of ether oxygens (including phenoxy) is 1. The molecule has 0 radical (unpaired) electrons. The molecule has 1 N–H and O–H groups in total. The Morgan fingerprint density at radius 1 is 1.27 bits per heavy atom. The van der Waals surface area contributed by atoms with Crippen molar-refractivity contribution >= 4 is 29.3 Å². The quantitative estimate of drug-likeness (QED) is 0.497. The summed E-state index contributed by atoms with van der Waals surface area (Å²) in [4.78, 5) is 12.1. The van der Waals surface area contributed by atoms with Crippen LogP contribution in [0.15, 0.2) is 53.7 Å². The van der Waals surface area contributed by atoms with Crippen molar-refractivity contribution in [2.24, 2.45) is 7.05 Å². The summed E-state index contributed by atoms with van der Waals surface area (Å²) in [5.74, 6) is 0.671. The minimum absolute atomic E-state index is 0.0668. The highest BCUT2D eigenvalue weighted by Crippen LogP contribution is 2.29. The lowest BCUT2D eigenvalue weighted by molar-refractivity contribution is -0.118. The lowest BCUT2D eigenvalue weighted by Gasteiger charge is -2.15. The van der Waals surface area contributed by atoms with Crippen LogP contribution in [0.25, 0.3) is 0 Å². The minimum atomic E-state index is -0.459. The zero-order chi connectivity index (χ0) is 21.5. The Morgan fingerprint density at radius 3 is 2.77 bits per heavy atom. The Morgan fingerprint density at radius 2 is 2.03 bits per heavy atom. The maximum atomic E-state index is 13.2. The molecule has 30 heavy (non-hydrogen) atoms. The second-order valence-corrected chi connectivity index (χ2v) is 7.96. The van der Waals surface area contributed by atoms with Gasteiger partial charge in [-0.2, -0.15) is 0 Å². The number of carbonyl (C=O) groups is 1. The number of nitrogens with one attached hydrogen (secondary N) is 1. The molecule has 3 aromatic rings. The van der Waals surface area contributed by atoms with Crippen LogP contribution in [0.4, 0.5) is 4.39 Å². The first kappa shape index (κ1) is 22.1. The first-order chi connectivity index (χ1) is 14.4. The molecule has 9 heteroatoms. The Labute approximate surface area is 183 Å². The van der Waals surface area contributed by atoms with Gasteiger partial charge in [0.05, 0.1) is 10.8 Å². The normalized spacial score (nSPS) is 11.9. The van der Waals surface area contributed by atoms with E-state index < -0.39 is 11.9 Å². The van der Waals surface area contributed by atoms with E-state index in [0.717, 1.165) is 6.42 Å². The van der Waals surface area contributed by atoms with Crippen LogP contribution < -0.4 is 10.1 Å². The molecule has 158 valence electrons. The van der Waals surface area contributed by atoms with Crippen LogP contribution in [0.5, 0.6) is 5.75 Å². The van der Waals surface area contributed by atoms with E-state index in [1.807, 2.05) is 30.3 Å². The molecule has 0 saturated heterocycles. The Bertz CT molecular complexity index is 1000. The molecule has 0 spiro atoms. The number of hydrogen-bond acceptors (Lipinski definition) is 5. The smallest absolute Gasteiger partial charge is 0.230 e. The first-order valence-electron chi connectivity index (χ1n) is 9.38. The van der Waals surface area contributed by atoms with Gasteiger partial charge >= 0.3 is 0 Å². The summed E-state index contributed by atoms with van der Waals surface area (Å²) in [5.41, 5.74) is 1.18. The fourth-order valence-electron chi connectivity index (χ4n) is 2.79. The van der Waals surface area contributed by atoms with Gasteiger partial charge in [0, 0.05) is 13.6 Å². The second-order valence-electron chi connectivity index (χ2n) is 6.61. The van der Waals surface area contributed by atoms with Gasteiger partial charge in [-0.3, -0.25) is 4.79 Å². The summed E-state index contributed by atoms with van der Waals surface area (Å²) in [7, 11) is 1.80. The van der Waals surface area contributed by atoms with Crippen LogP contribution in [-0.2, 0) is 18.3 Å². The van der Waals surface area contributed by atoms with Gasteiger partial charge in [-0.05, 0) is 37.1 Å². The highest BCUT2D eigenvalue weighted by molar-refractivity contribution is 7.99. The van der Waals surface area contributed by atoms with Crippen LogP contribution in [0, 0.1) is 5.82 Å². The summed E-state index contributed by atoms with van der Waals surface area (Å²) >= 11 is 7.31. The van der Waals surface area contributed by atoms with Gasteiger partial charge in [0.25, 0.3) is 0 Å². The molecule has 0 bridgehead atoms. The predicted octanol–water partition coefficient (Wildman–Crippen LogP) is 4.20. The number of benzene rings is 2. The van der Waals surface area contributed by atoms with Crippen molar-refractivity contribution < 1.29 is 13.9 Å². The van der Waals surface area contributed by atoms with Crippen molar-refractivity contribution in [3.05, 3.63) is 70.8 Å². The van der Waals surface area contributed by atoms with E-state index in [1.165, 1.54) is 35.5 Å². The van der Waals surface area contributed by atoms with Crippen LogP contribution in [0.2, 0.25) is 5.02 Å². The molecular formula is C21H22ClFN4O2S. The maximum absolute atomic E-state index is 13.2. The molecule has 1 amide bonds. The number of halogens is 2. The summed E-state index contributed by atoms with van der Waals surface area (Å²) in [6, 6.07) is 13.9. The molecule has 3 rings (SSSR count). The lowest BCUT2D eigenvalue weighted by atomic mass is 10.1. The van der Waals surface area contributed by atoms with Crippen molar-refractivity contribution in [1.29, 1.82) is 0 Å². The van der Waals surface area contributed by atoms with Gasteiger partial charge in [-0.25, -0.2) is 4.39 Å². The van der Waals surface area contributed by atoms with Gasteiger partial charge in [-0.1, -0.05) is 53.7 Å². The third-order valence-corrected chi connectivity index (χ3v) is 5.66. The second kappa shape index (κ2) is 10.4. The average molecular weight is 449 g/mol. The maximum Gasteiger partial charge on any atom is 0.230 e. The fraction of sp³-hybridized carbons (Fsp3) is 0.286. The van der Waals surface area contributed by atoms with Gasteiger partial charge in [0.15, 0.2) is 17.1 Å². The van der Waals surface area contributed by atoms with E-state index in [2.05, 4.69) is 15.5 Å². The van der Waals surface area contributed by atoms with E-state index in [-0.39, 0.29) is 16.7 Å². The molecule has 0 aliphatic rings. The van der Waals surface area contributed by atoms with Crippen molar-refractivity contribution in [2.45, 2.75) is 24.6 Å². The van der Waals surface area contributed by atoms with E-state index in [1.54, 1.807) is 18.5 Å². The molecule has 2 aromatic carbocycles. The van der Waals surface area contributed by atoms with E-state index in [9.17, 15) is 9.18 Å². The molecule has 0 fully saturated rings. The minimum Gasteiger partial charge on any atom is -0.481 e. The zero-order valence-corrected chi connectivity index (χ0v) is 18.2.